The molecule has 0 spiro atoms. The van der Waals surface area contributed by atoms with Crippen molar-refractivity contribution in [3.63, 3.8) is 0 Å². The van der Waals surface area contributed by atoms with Gasteiger partial charge in [0.2, 0.25) is 11.8 Å². The van der Waals surface area contributed by atoms with Crippen LogP contribution in [0.25, 0.3) is 0 Å². The summed E-state index contributed by atoms with van der Waals surface area (Å²) in [6.07, 6.45) is 0.469. The average Bonchev–Trinajstić information content (AvgIpc) is 2.53. The highest BCUT2D eigenvalue weighted by Gasteiger charge is 2.18. The number of amides is 2. The van der Waals surface area contributed by atoms with Gasteiger partial charge in [-0.05, 0) is 30.2 Å². The first-order valence-corrected chi connectivity index (χ1v) is 7.38. The summed E-state index contributed by atoms with van der Waals surface area (Å²) in [5, 5.41) is 14.0. The third kappa shape index (κ3) is 4.30. The highest BCUT2D eigenvalue weighted by Crippen LogP contribution is 2.26. The lowest BCUT2D eigenvalue weighted by molar-refractivity contribution is -0.383. The molecule has 2 rings (SSSR count). The lowest BCUT2D eigenvalue weighted by atomic mass is 10.1. The second-order valence-electron chi connectivity index (χ2n) is 4.99. The minimum atomic E-state index is -0.739. The van der Waals surface area contributed by atoms with Crippen molar-refractivity contribution in [2.45, 2.75) is 12.8 Å². The second-order valence-corrected chi connectivity index (χ2v) is 5.40. The molecule has 0 atom stereocenters. The number of aryl methyl sites for hydroxylation is 1. The Kier molecular flexibility index (Phi) is 5.49. The van der Waals surface area contributed by atoms with E-state index < -0.39 is 16.7 Å². The van der Waals surface area contributed by atoms with Crippen molar-refractivity contribution in [3.05, 3.63) is 68.7 Å². The quantitative estimate of drug-likeness (QED) is 0.617. The van der Waals surface area contributed by atoms with Crippen molar-refractivity contribution in [2.24, 2.45) is 5.73 Å². The van der Waals surface area contributed by atoms with Crippen molar-refractivity contribution in [2.75, 3.05) is 5.32 Å². The van der Waals surface area contributed by atoms with Gasteiger partial charge in [-0.3, -0.25) is 19.7 Å². The summed E-state index contributed by atoms with van der Waals surface area (Å²) in [6, 6.07) is 10.7. The van der Waals surface area contributed by atoms with Crippen LogP contribution in [-0.2, 0) is 11.2 Å². The molecular formula is C16H14ClN3O4. The zero-order valence-electron chi connectivity index (χ0n) is 12.5. The number of carbonyl (C=O) groups is 2. The fourth-order valence-electron chi connectivity index (χ4n) is 2.11. The Balaban J connectivity index is 2.13. The zero-order chi connectivity index (χ0) is 17.7. The Labute approximate surface area is 142 Å². The Morgan fingerprint density at radius 1 is 1.21 bits per heavy atom. The largest absolute Gasteiger partial charge is 0.366 e. The monoisotopic (exact) mass is 347 g/mol. The molecule has 8 heteroatoms. The molecule has 3 N–H and O–H groups in total. The van der Waals surface area contributed by atoms with E-state index in [1.54, 1.807) is 24.3 Å². The fraction of sp³-hybridized carbons (Fsp3) is 0.125. The summed E-state index contributed by atoms with van der Waals surface area (Å²) in [4.78, 5) is 33.6. The maximum Gasteiger partial charge on any atom is 0.292 e. The predicted molar refractivity (Wildman–Crippen MR) is 90.0 cm³/mol. The van der Waals surface area contributed by atoms with E-state index in [0.717, 1.165) is 11.6 Å². The van der Waals surface area contributed by atoms with E-state index in [1.807, 2.05) is 0 Å². The molecule has 2 amide bonds. The number of nitrogens with one attached hydrogen (secondary N) is 1. The first kappa shape index (κ1) is 17.4. The SMILES string of the molecule is NC(=O)c1ccc([N+](=O)[O-])c(NC(=O)CCc2ccccc2Cl)c1. The number of hydrogen-bond donors (Lipinski definition) is 2. The van der Waals surface area contributed by atoms with Crippen molar-refractivity contribution in [1.82, 2.24) is 0 Å². The Morgan fingerprint density at radius 2 is 1.92 bits per heavy atom. The number of nitro benzene ring substituents is 1. The van der Waals surface area contributed by atoms with E-state index >= 15 is 0 Å². The van der Waals surface area contributed by atoms with E-state index in [9.17, 15) is 19.7 Å². The van der Waals surface area contributed by atoms with Crippen LogP contribution in [0.2, 0.25) is 5.02 Å². The average molecular weight is 348 g/mol. The van der Waals surface area contributed by atoms with Crippen LogP contribution >= 0.6 is 11.6 Å². The highest BCUT2D eigenvalue weighted by atomic mass is 35.5. The molecule has 0 fully saturated rings. The van der Waals surface area contributed by atoms with Gasteiger partial charge in [0.1, 0.15) is 5.69 Å². The lowest BCUT2D eigenvalue weighted by Crippen LogP contribution is -2.16. The number of primary amides is 1. The molecule has 0 unspecified atom stereocenters. The van der Waals surface area contributed by atoms with Crippen LogP contribution in [0.4, 0.5) is 11.4 Å². The number of halogens is 1. The van der Waals surface area contributed by atoms with Gasteiger partial charge in [-0.1, -0.05) is 29.8 Å². The summed E-state index contributed by atoms with van der Waals surface area (Å²) >= 11 is 6.02. The molecule has 0 saturated heterocycles. The number of rotatable bonds is 6. The molecule has 124 valence electrons. The number of carbonyl (C=O) groups excluding carboxylic acids is 2. The molecule has 0 heterocycles. The van der Waals surface area contributed by atoms with E-state index in [1.165, 1.54) is 12.1 Å². The van der Waals surface area contributed by atoms with Crippen LogP contribution < -0.4 is 11.1 Å². The molecule has 0 radical (unpaired) electrons. The third-order valence-electron chi connectivity index (χ3n) is 3.33. The van der Waals surface area contributed by atoms with Crippen molar-refractivity contribution >= 4 is 34.8 Å². The smallest absolute Gasteiger partial charge is 0.292 e. The van der Waals surface area contributed by atoms with Gasteiger partial charge in [-0.15, -0.1) is 0 Å². The lowest BCUT2D eigenvalue weighted by Gasteiger charge is -2.08. The standard InChI is InChI=1S/C16H14ClN3O4/c17-12-4-2-1-3-10(12)6-8-15(21)19-13-9-11(16(18)22)5-7-14(13)20(23)24/h1-5,7,9H,6,8H2,(H2,18,22)(H,19,21). The topological polar surface area (TPSA) is 115 Å². The maximum absolute atomic E-state index is 12.1. The molecule has 24 heavy (non-hydrogen) atoms. The van der Waals surface area contributed by atoms with Crippen molar-refractivity contribution < 1.29 is 14.5 Å². The highest BCUT2D eigenvalue weighted by molar-refractivity contribution is 6.31. The molecule has 7 nitrogen and oxygen atoms in total. The number of anilines is 1. The van der Waals surface area contributed by atoms with Crippen molar-refractivity contribution in [3.8, 4) is 0 Å². The summed E-state index contributed by atoms with van der Waals surface area (Å²) in [5.41, 5.74) is 5.64. The van der Waals surface area contributed by atoms with Crippen LogP contribution in [0.3, 0.4) is 0 Å². The molecule has 0 aliphatic rings. The molecule has 0 aromatic heterocycles. The van der Waals surface area contributed by atoms with E-state index in [2.05, 4.69) is 5.32 Å². The van der Waals surface area contributed by atoms with E-state index in [-0.39, 0.29) is 23.4 Å². The minimum Gasteiger partial charge on any atom is -0.366 e. The van der Waals surface area contributed by atoms with Crippen LogP contribution in [0.15, 0.2) is 42.5 Å². The Hall–Kier alpha value is -2.93. The van der Waals surface area contributed by atoms with Gasteiger partial charge in [-0.25, -0.2) is 0 Å². The van der Waals surface area contributed by atoms with Gasteiger partial charge in [0.05, 0.1) is 4.92 Å². The Morgan fingerprint density at radius 3 is 2.54 bits per heavy atom. The van der Waals surface area contributed by atoms with E-state index in [4.69, 9.17) is 17.3 Å². The van der Waals surface area contributed by atoms with Gasteiger partial charge in [0.25, 0.3) is 5.69 Å². The van der Waals surface area contributed by atoms with Crippen LogP contribution in [0.5, 0.6) is 0 Å². The van der Waals surface area contributed by atoms with Crippen LogP contribution in [0.1, 0.15) is 22.3 Å². The summed E-state index contributed by atoms with van der Waals surface area (Å²) in [6.45, 7) is 0. The number of nitrogens with zero attached hydrogens (tertiary/aromatic N) is 1. The molecule has 0 saturated carbocycles. The summed E-state index contributed by atoms with van der Waals surface area (Å²) in [7, 11) is 0. The molecule has 0 bridgehead atoms. The molecule has 2 aromatic rings. The number of nitrogens with two attached hydrogens (primary N) is 1. The molecule has 0 aliphatic carbocycles. The number of hydrogen-bond acceptors (Lipinski definition) is 4. The van der Waals surface area contributed by atoms with Crippen LogP contribution in [-0.4, -0.2) is 16.7 Å². The van der Waals surface area contributed by atoms with Gasteiger partial charge < -0.3 is 11.1 Å². The van der Waals surface area contributed by atoms with Gasteiger partial charge >= 0.3 is 0 Å². The molecule has 2 aromatic carbocycles. The van der Waals surface area contributed by atoms with Gasteiger partial charge in [0.15, 0.2) is 0 Å². The second kappa shape index (κ2) is 7.56. The summed E-state index contributed by atoms with van der Waals surface area (Å²) in [5.74, 6) is -1.17. The third-order valence-corrected chi connectivity index (χ3v) is 3.70. The van der Waals surface area contributed by atoms with Crippen LogP contribution in [0, 0.1) is 10.1 Å². The normalized spacial score (nSPS) is 10.2. The molecule has 0 aliphatic heterocycles. The minimum absolute atomic E-state index is 0.0690. The predicted octanol–water partition coefficient (Wildman–Crippen LogP) is 2.92. The first-order valence-electron chi connectivity index (χ1n) is 7.00. The maximum atomic E-state index is 12.1. The van der Waals surface area contributed by atoms with Crippen molar-refractivity contribution in [1.29, 1.82) is 0 Å². The van der Waals surface area contributed by atoms with Gasteiger partial charge in [0, 0.05) is 23.1 Å². The zero-order valence-corrected chi connectivity index (χ0v) is 13.2. The number of benzene rings is 2. The summed E-state index contributed by atoms with van der Waals surface area (Å²) < 4.78 is 0. The number of nitro groups is 1. The molecular weight excluding hydrogens is 334 g/mol. The fourth-order valence-corrected chi connectivity index (χ4v) is 2.34. The first-order chi connectivity index (χ1) is 11.4. The van der Waals surface area contributed by atoms with E-state index in [0.29, 0.717) is 11.4 Å². The van der Waals surface area contributed by atoms with Gasteiger partial charge in [-0.2, -0.15) is 0 Å². The Bertz CT molecular complexity index is 808.